The van der Waals surface area contributed by atoms with Crippen molar-refractivity contribution in [3.63, 3.8) is 0 Å². The van der Waals surface area contributed by atoms with E-state index in [0.717, 1.165) is 12.1 Å². The number of imide groups is 1. The molecule has 0 saturated carbocycles. The van der Waals surface area contributed by atoms with Gasteiger partial charge in [0.1, 0.15) is 47.0 Å². The quantitative estimate of drug-likeness (QED) is 0.0304. The summed E-state index contributed by atoms with van der Waals surface area (Å²) in [4.78, 5) is 40.4. The largest absolute Gasteiger partial charge is 0.748 e. The first-order chi connectivity index (χ1) is 41.6. The molecule has 0 spiro atoms. The van der Waals surface area contributed by atoms with Gasteiger partial charge in [-0.15, -0.1) is 5.06 Å². The van der Waals surface area contributed by atoms with Crippen LogP contribution in [-0.4, -0.2) is 170 Å². The molecule has 0 N–H and O–H groups in total. The van der Waals surface area contributed by atoms with Gasteiger partial charge in [-0.25, -0.2) is 46.9 Å². The van der Waals surface area contributed by atoms with E-state index in [1.165, 1.54) is 24.3 Å². The lowest BCUT2D eigenvalue weighted by atomic mass is 9.75. The number of ether oxygens (including phenoxy) is 4. The van der Waals surface area contributed by atoms with Crippen molar-refractivity contribution in [2.24, 2.45) is 0 Å². The number of allylic oxidation sites excluding steroid dienone is 8. The van der Waals surface area contributed by atoms with Crippen molar-refractivity contribution in [1.29, 1.82) is 0 Å². The number of hydrogen-bond donors (Lipinski definition) is 0. The van der Waals surface area contributed by atoms with Gasteiger partial charge in [-0.1, -0.05) is 29.8 Å². The molecule has 3 aliphatic heterocycles. The number of hydrogen-bond acceptors (Lipinski definition) is 24. The highest BCUT2D eigenvalue weighted by atomic mass is 35.5. The number of carbonyl (C=O) groups is 3. The fourth-order valence-corrected chi connectivity index (χ4v) is 15.2. The molecule has 0 bridgehead atoms. The number of halogens is 1. The summed E-state index contributed by atoms with van der Waals surface area (Å²) in [7, 11) is -24.9. The van der Waals surface area contributed by atoms with Gasteiger partial charge in [0.05, 0.1) is 87.8 Å². The summed E-state index contributed by atoms with van der Waals surface area (Å²) in [6.07, 6.45) is 7.08. The van der Waals surface area contributed by atoms with Crippen LogP contribution < -0.4 is 4.90 Å². The molecular formula is C57H62ClN3O23S5-4. The van der Waals surface area contributed by atoms with Crippen LogP contribution in [0.15, 0.2) is 114 Å². The molecule has 1 aliphatic carbocycles. The van der Waals surface area contributed by atoms with Crippen molar-refractivity contribution >= 4 is 119 Å². The molecule has 4 aromatic rings. The van der Waals surface area contributed by atoms with Gasteiger partial charge in [-0.2, -0.15) is 4.58 Å². The number of hydroxylamine groups is 2. The number of carbonyl (C=O) groups excluding carboxylic acids is 3. The van der Waals surface area contributed by atoms with Gasteiger partial charge in [-0.3, -0.25) is 9.59 Å². The molecule has 32 heteroatoms. The van der Waals surface area contributed by atoms with Crippen LogP contribution in [0.4, 0.5) is 11.4 Å². The Morgan fingerprint density at radius 3 is 1.75 bits per heavy atom. The zero-order chi connectivity index (χ0) is 65.2. The van der Waals surface area contributed by atoms with Gasteiger partial charge >= 0.3 is 5.97 Å². The van der Waals surface area contributed by atoms with Crippen LogP contribution in [0.5, 0.6) is 0 Å². The van der Waals surface area contributed by atoms with E-state index in [-0.39, 0.29) is 110 Å². The highest BCUT2D eigenvalue weighted by molar-refractivity contribution is 7.87. The predicted octanol–water partition coefficient (Wildman–Crippen LogP) is 5.22. The lowest BCUT2D eigenvalue weighted by Gasteiger charge is -2.31. The van der Waals surface area contributed by atoms with Gasteiger partial charge in [0.2, 0.25) is 5.69 Å². The van der Waals surface area contributed by atoms with Crippen molar-refractivity contribution in [3.05, 3.63) is 106 Å². The summed E-state index contributed by atoms with van der Waals surface area (Å²) in [5.41, 5.74) is 0.529. The maximum absolute atomic E-state index is 13.0. The molecule has 1 unspecified atom stereocenters. The van der Waals surface area contributed by atoms with Gasteiger partial charge in [0, 0.05) is 83.6 Å². The second-order valence-corrected chi connectivity index (χ2v) is 29.4. The fourth-order valence-electron chi connectivity index (χ4n) is 11.8. The van der Waals surface area contributed by atoms with Crippen LogP contribution in [0.3, 0.4) is 0 Å². The molecule has 2 amide bonds. The minimum absolute atomic E-state index is 0.00323. The number of fused-ring (bicyclic) bond motifs is 6. The Morgan fingerprint density at radius 2 is 1.20 bits per heavy atom. The van der Waals surface area contributed by atoms with Gasteiger partial charge < -0.3 is 51.4 Å². The molecule has 3 heterocycles. The minimum Gasteiger partial charge on any atom is -0.748 e. The summed E-state index contributed by atoms with van der Waals surface area (Å²) in [6, 6.07) is 8.49. The molecule has 484 valence electrons. The smallest absolute Gasteiger partial charge is 0.333 e. The molecule has 1 atom stereocenters. The van der Waals surface area contributed by atoms with Crippen LogP contribution >= 0.6 is 11.6 Å². The first-order valence-corrected chi connectivity index (χ1v) is 35.4. The normalized spacial score (nSPS) is 19.3. The number of anilines is 1. The number of nitrogens with zero attached hydrogens (tertiary/aromatic N) is 3. The Morgan fingerprint density at radius 1 is 0.652 bits per heavy atom. The standard InChI is InChI=1S/C57H66ClN3O23S5/c1-56(2)48(59(22-6-10-52(64)84-61-50(62)19-20-51(61)63)44-15-13-40-42(53(44)56)32-38(86(68,69)70)34-46(40)88(74,75)76)17-11-36-8-5-9-37(55(36)58)12-18-49-57(3,21-7-31-85(65,66)67)54-43-33-39(87(71,72)73)35-47(89(77,78)79)41(43)14-16-45(54)60(49)23-24-81-27-28-83-30-29-82-26-25-80-4/h11-18,32-35H,5-10,19-31H2,1-4H3,(H4-,65,66,67,68,69,70,71,72,73,74,75,76,77,78,79)/p-4. The molecule has 0 aromatic heterocycles. The molecule has 26 nitrogen and oxygen atoms in total. The SMILES string of the molecule is COCCOCCOCCOCCN1C(=CC=C2CCCC(C=CC3=[N+](CCCC(=O)ON4C(=O)CCC4=O)c4ccc5c(S(=O)(=O)[O-])cc(S(=O)(=O)[O-])cc5c4C3(C)C)=C2Cl)C(C)(CCCS(=O)(=O)[O-])c2c1ccc1c(S(=O)(=O)[O-])cc(S(=O)(=O)[O-])cc21. The topological polar surface area (TPSA) is 393 Å². The van der Waals surface area contributed by atoms with E-state index in [1.807, 2.05) is 0 Å². The van der Waals surface area contributed by atoms with Crippen molar-refractivity contribution in [2.45, 2.75) is 109 Å². The monoisotopic (exact) mass is 1350 g/mol. The van der Waals surface area contributed by atoms with E-state index < -0.39 is 105 Å². The van der Waals surface area contributed by atoms with E-state index in [4.69, 9.17) is 35.4 Å². The zero-order valence-electron chi connectivity index (χ0n) is 48.5. The minimum atomic E-state index is -5.45. The Kier molecular flexibility index (Phi) is 21.0. The summed E-state index contributed by atoms with van der Waals surface area (Å²) in [5.74, 6) is -3.13. The van der Waals surface area contributed by atoms with Crippen LogP contribution in [0, 0.1) is 0 Å². The van der Waals surface area contributed by atoms with E-state index in [0.29, 0.717) is 95.8 Å². The average Bonchev–Trinajstić information content (AvgIpc) is 1.62. The fraction of sp³-hybridized carbons (Fsp3) is 0.439. The number of rotatable bonds is 28. The molecule has 0 radical (unpaired) electrons. The third-order valence-electron chi connectivity index (χ3n) is 15.8. The average molecular weight is 1350 g/mol. The zero-order valence-corrected chi connectivity index (χ0v) is 53.4. The van der Waals surface area contributed by atoms with Crippen LogP contribution in [0.25, 0.3) is 21.5 Å². The first kappa shape index (κ1) is 69.0. The summed E-state index contributed by atoms with van der Waals surface area (Å²) >= 11 is 7.34. The van der Waals surface area contributed by atoms with Crippen molar-refractivity contribution < 1.29 is 108 Å². The number of methoxy groups -OCH3 is 1. The Hall–Kier alpha value is -5.88. The number of benzene rings is 4. The van der Waals surface area contributed by atoms with Crippen molar-refractivity contribution in [1.82, 2.24) is 5.06 Å². The highest BCUT2D eigenvalue weighted by Crippen LogP contribution is 2.54. The van der Waals surface area contributed by atoms with Crippen LogP contribution in [-0.2, 0) is 99.6 Å². The van der Waals surface area contributed by atoms with Gasteiger partial charge in [-0.05, 0) is 128 Å². The van der Waals surface area contributed by atoms with Gasteiger partial charge in [0.25, 0.3) is 11.8 Å². The lowest BCUT2D eigenvalue weighted by Crippen LogP contribution is -2.32. The van der Waals surface area contributed by atoms with E-state index in [2.05, 4.69) is 0 Å². The van der Waals surface area contributed by atoms with Crippen molar-refractivity contribution in [3.8, 4) is 0 Å². The van der Waals surface area contributed by atoms with Crippen molar-refractivity contribution in [2.75, 3.05) is 77.1 Å². The Bertz CT molecular complexity index is 4280. The maximum Gasteiger partial charge on any atom is 0.333 e. The van der Waals surface area contributed by atoms with Crippen LogP contribution in [0.1, 0.15) is 89.7 Å². The summed E-state index contributed by atoms with van der Waals surface area (Å²) in [6.45, 7) is 6.76. The summed E-state index contributed by atoms with van der Waals surface area (Å²) < 4.78 is 212. The van der Waals surface area contributed by atoms with E-state index in [1.54, 1.807) is 61.7 Å². The first-order valence-electron chi connectivity index (χ1n) is 27.8. The lowest BCUT2D eigenvalue weighted by molar-refractivity contribution is -0.438. The molecular weight excluding hydrogens is 1290 g/mol. The second kappa shape index (κ2) is 27.1. The third kappa shape index (κ3) is 15.5. The molecule has 1 fully saturated rings. The molecule has 8 rings (SSSR count). The third-order valence-corrected chi connectivity index (χ3v) is 20.4. The van der Waals surface area contributed by atoms with E-state index in [9.17, 15) is 79.2 Å². The Labute approximate surface area is 520 Å². The number of amides is 2. The molecule has 1 saturated heterocycles. The van der Waals surface area contributed by atoms with E-state index >= 15 is 0 Å². The Balaban J connectivity index is 1.22. The van der Waals surface area contributed by atoms with Gasteiger partial charge in [0.15, 0.2) is 5.71 Å². The second-order valence-electron chi connectivity index (χ2n) is 22.0. The summed E-state index contributed by atoms with van der Waals surface area (Å²) in [5, 5.41) is 0.0718. The highest BCUT2D eigenvalue weighted by Gasteiger charge is 2.47. The maximum atomic E-state index is 13.0. The van der Waals surface area contributed by atoms with Crippen LogP contribution in [0.2, 0.25) is 0 Å². The molecule has 89 heavy (non-hydrogen) atoms. The molecule has 4 aliphatic rings. The molecule has 4 aromatic carbocycles. The predicted molar refractivity (Wildman–Crippen MR) is 314 cm³/mol.